The molecule has 0 heterocycles. The summed E-state index contributed by atoms with van der Waals surface area (Å²) in [5.41, 5.74) is 16.8. The van der Waals surface area contributed by atoms with Crippen molar-refractivity contribution >= 4 is 0 Å². The topological polar surface area (TPSA) is 0 Å². The lowest BCUT2D eigenvalue weighted by molar-refractivity contribution is 0.539. The first-order chi connectivity index (χ1) is 26.7. The number of hydrogen-bond acceptors (Lipinski definition) is 0. The Morgan fingerprint density at radius 1 is 0.554 bits per heavy atom. The predicted octanol–water partition coefficient (Wildman–Crippen LogP) is 17.4. The van der Waals surface area contributed by atoms with Crippen LogP contribution in [0.2, 0.25) is 0 Å². The summed E-state index contributed by atoms with van der Waals surface area (Å²) in [6.45, 7) is 32.3. The molecule has 0 fully saturated rings. The molecule has 0 saturated heterocycles. The van der Waals surface area contributed by atoms with Crippen molar-refractivity contribution in [2.24, 2.45) is 0 Å². The molecule has 0 saturated carbocycles. The molecular formula is C56H74. The maximum Gasteiger partial charge on any atom is -0.0132 e. The Balaban J connectivity index is 0.000000308. The van der Waals surface area contributed by atoms with Gasteiger partial charge in [-0.1, -0.05) is 187 Å². The maximum atomic E-state index is 3.95. The Kier molecular flexibility index (Phi) is 18.9. The third-order valence-corrected chi connectivity index (χ3v) is 11.2. The fourth-order valence-corrected chi connectivity index (χ4v) is 7.08. The molecule has 5 aromatic carbocycles. The molecule has 0 aliphatic rings. The van der Waals surface area contributed by atoms with Gasteiger partial charge < -0.3 is 0 Å². The lowest BCUT2D eigenvalue weighted by Gasteiger charge is -2.23. The summed E-state index contributed by atoms with van der Waals surface area (Å²) in [6, 6.07) is 40.7. The first-order valence-corrected chi connectivity index (χ1v) is 21.4. The smallest absolute Gasteiger partial charge is 0.0132 e. The molecular weight excluding hydrogens is 673 g/mol. The Morgan fingerprint density at radius 2 is 1.02 bits per heavy atom. The zero-order chi connectivity index (χ0) is 41.3. The fraction of sp³-hybridized carbons (Fsp3) is 0.393. The highest BCUT2D eigenvalue weighted by Crippen LogP contribution is 2.40. The molecule has 0 aliphatic heterocycles. The zero-order valence-electron chi connectivity index (χ0n) is 37.1. The van der Waals surface area contributed by atoms with E-state index in [1.165, 1.54) is 98.9 Å². The van der Waals surface area contributed by atoms with E-state index in [0.29, 0.717) is 17.8 Å². The van der Waals surface area contributed by atoms with Gasteiger partial charge in [-0.05, 0) is 146 Å². The van der Waals surface area contributed by atoms with Crippen LogP contribution in [0.25, 0.3) is 22.3 Å². The number of allylic oxidation sites excluding steroid dienone is 2. The minimum atomic E-state index is 0.285. The highest BCUT2D eigenvalue weighted by molar-refractivity contribution is 5.76. The lowest BCUT2D eigenvalue weighted by atomic mass is 9.81. The van der Waals surface area contributed by atoms with E-state index in [2.05, 4.69) is 211 Å². The molecule has 5 rings (SSSR count). The van der Waals surface area contributed by atoms with E-state index in [1.807, 2.05) is 0 Å². The van der Waals surface area contributed by atoms with Crippen molar-refractivity contribution in [2.45, 2.75) is 144 Å². The first kappa shape index (κ1) is 46.0. The molecule has 298 valence electrons. The monoisotopic (exact) mass is 747 g/mol. The summed E-state index contributed by atoms with van der Waals surface area (Å²) in [5, 5.41) is 0. The van der Waals surface area contributed by atoms with Crippen LogP contribution >= 0.6 is 0 Å². The Hall–Kier alpha value is -4.42. The number of benzene rings is 5. The van der Waals surface area contributed by atoms with Crippen LogP contribution in [0.4, 0.5) is 0 Å². The van der Waals surface area contributed by atoms with Gasteiger partial charge in [0, 0.05) is 0 Å². The van der Waals surface area contributed by atoms with Gasteiger partial charge in [0.1, 0.15) is 0 Å². The Bertz CT molecular complexity index is 1880. The van der Waals surface area contributed by atoms with E-state index in [9.17, 15) is 0 Å². The van der Waals surface area contributed by atoms with Gasteiger partial charge in [-0.2, -0.15) is 0 Å². The van der Waals surface area contributed by atoms with Crippen LogP contribution in [0.3, 0.4) is 0 Å². The van der Waals surface area contributed by atoms with E-state index in [1.54, 1.807) is 0 Å². The van der Waals surface area contributed by atoms with Crippen molar-refractivity contribution in [1.29, 1.82) is 0 Å². The van der Waals surface area contributed by atoms with E-state index in [0.717, 1.165) is 12.8 Å². The second kappa shape index (κ2) is 23.0. The average Bonchev–Trinajstić information content (AvgIpc) is 3.18. The quantitative estimate of drug-likeness (QED) is 0.0784. The molecule has 0 nitrogen and oxygen atoms in total. The third-order valence-electron chi connectivity index (χ3n) is 11.2. The summed E-state index contributed by atoms with van der Waals surface area (Å²) >= 11 is 0. The largest absolute Gasteiger partial charge is 0.103 e. The molecule has 0 spiro atoms. The van der Waals surface area contributed by atoms with E-state index in [4.69, 9.17) is 0 Å². The summed E-state index contributed by atoms with van der Waals surface area (Å²) < 4.78 is 0. The molecule has 0 radical (unpaired) electrons. The molecule has 0 bridgehead atoms. The SMILES string of the molecule is C=CCCCC(CCCC=C)c1cc(-c2ccc(C)cc2)ccc1-c1ccc(C(C)C)cc1C.CCC(C)c1ccc(C)cc1.Cc1ccc(C(C)(C)C)cc1. The van der Waals surface area contributed by atoms with Gasteiger partial charge in [0.2, 0.25) is 0 Å². The average molecular weight is 747 g/mol. The van der Waals surface area contributed by atoms with E-state index >= 15 is 0 Å². The highest BCUT2D eigenvalue weighted by atomic mass is 14.2. The van der Waals surface area contributed by atoms with Gasteiger partial charge in [0.05, 0.1) is 0 Å². The summed E-state index contributed by atoms with van der Waals surface area (Å²) in [5.74, 6) is 1.78. The first-order valence-electron chi connectivity index (χ1n) is 21.4. The number of unbranched alkanes of at least 4 members (excludes halogenated alkanes) is 2. The molecule has 5 aromatic rings. The Labute approximate surface area is 344 Å². The lowest BCUT2D eigenvalue weighted by Crippen LogP contribution is -2.10. The number of rotatable bonds is 14. The van der Waals surface area contributed by atoms with Crippen LogP contribution in [-0.2, 0) is 5.41 Å². The van der Waals surface area contributed by atoms with Crippen LogP contribution in [0.15, 0.2) is 135 Å². The van der Waals surface area contributed by atoms with Crippen LogP contribution < -0.4 is 0 Å². The van der Waals surface area contributed by atoms with Gasteiger partial charge in [-0.25, -0.2) is 0 Å². The summed E-state index contributed by atoms with van der Waals surface area (Å²) in [4.78, 5) is 0. The van der Waals surface area contributed by atoms with Crippen LogP contribution in [0.1, 0.15) is 156 Å². The molecule has 0 heteroatoms. The van der Waals surface area contributed by atoms with Gasteiger partial charge in [0.15, 0.2) is 0 Å². The van der Waals surface area contributed by atoms with Crippen LogP contribution in [0, 0.1) is 27.7 Å². The molecule has 56 heavy (non-hydrogen) atoms. The maximum absolute atomic E-state index is 3.95. The van der Waals surface area contributed by atoms with Gasteiger partial charge >= 0.3 is 0 Å². The number of aryl methyl sites for hydroxylation is 4. The predicted molar refractivity (Wildman–Crippen MR) is 251 cm³/mol. The summed E-state index contributed by atoms with van der Waals surface area (Å²) in [7, 11) is 0. The number of hydrogen-bond donors (Lipinski definition) is 0. The van der Waals surface area contributed by atoms with Crippen molar-refractivity contribution in [2.75, 3.05) is 0 Å². The second-order valence-electron chi connectivity index (χ2n) is 17.4. The standard InChI is InChI=1S/C34H42.2C11H16/c1-7-9-11-13-29(14-12-10-8-2)34-24-31(28-17-15-26(5)16-18-28)20-22-33(34)32-21-19-30(25(3)4)23-27(32)6;1-9-5-7-10(8-6-9)11(2,3)4;1-4-10(3)11-7-5-9(2)6-8-11/h7-8,15-25,29H,1-2,9-14H2,3-6H3;5-8H,1-4H3;5-8,10H,4H2,1-3H3. The summed E-state index contributed by atoms with van der Waals surface area (Å²) in [6.07, 6.45) is 12.2. The molecule has 0 aromatic heterocycles. The van der Waals surface area contributed by atoms with Crippen molar-refractivity contribution in [3.8, 4) is 22.3 Å². The Morgan fingerprint density at radius 3 is 1.48 bits per heavy atom. The molecule has 0 amide bonds. The third kappa shape index (κ3) is 14.6. The van der Waals surface area contributed by atoms with Gasteiger partial charge in [0.25, 0.3) is 0 Å². The molecule has 1 atom stereocenters. The fourth-order valence-electron chi connectivity index (χ4n) is 7.08. The van der Waals surface area contributed by atoms with Crippen molar-refractivity contribution in [3.05, 3.63) is 179 Å². The molecule has 1 unspecified atom stereocenters. The van der Waals surface area contributed by atoms with E-state index in [-0.39, 0.29) is 5.41 Å². The zero-order valence-corrected chi connectivity index (χ0v) is 37.1. The van der Waals surface area contributed by atoms with Gasteiger partial charge in [-0.15, -0.1) is 13.2 Å². The van der Waals surface area contributed by atoms with Crippen molar-refractivity contribution in [1.82, 2.24) is 0 Å². The van der Waals surface area contributed by atoms with Gasteiger partial charge in [-0.3, -0.25) is 0 Å². The van der Waals surface area contributed by atoms with Crippen molar-refractivity contribution < 1.29 is 0 Å². The minimum Gasteiger partial charge on any atom is -0.103 e. The molecule has 0 N–H and O–H groups in total. The molecule has 0 aliphatic carbocycles. The second-order valence-corrected chi connectivity index (χ2v) is 17.4. The minimum absolute atomic E-state index is 0.285. The van der Waals surface area contributed by atoms with Crippen LogP contribution in [-0.4, -0.2) is 0 Å². The van der Waals surface area contributed by atoms with Crippen LogP contribution in [0.5, 0.6) is 0 Å². The van der Waals surface area contributed by atoms with Crippen molar-refractivity contribution in [3.63, 3.8) is 0 Å². The van der Waals surface area contributed by atoms with E-state index < -0.39 is 0 Å². The highest BCUT2D eigenvalue weighted by Gasteiger charge is 2.19. The normalized spacial score (nSPS) is 11.7.